The molecule has 4 heteroatoms. The van der Waals surface area contributed by atoms with Gasteiger partial charge in [0.25, 0.3) is 0 Å². The van der Waals surface area contributed by atoms with Crippen molar-refractivity contribution in [3.63, 3.8) is 0 Å². The van der Waals surface area contributed by atoms with Gasteiger partial charge in [-0.3, -0.25) is 4.79 Å². The summed E-state index contributed by atoms with van der Waals surface area (Å²) in [5, 5.41) is 2.91. The third-order valence-corrected chi connectivity index (χ3v) is 3.73. The molecule has 0 aromatic heterocycles. The predicted octanol–water partition coefficient (Wildman–Crippen LogP) is 3.10. The van der Waals surface area contributed by atoms with E-state index in [9.17, 15) is 4.79 Å². The van der Waals surface area contributed by atoms with Crippen LogP contribution in [0.2, 0.25) is 0 Å². The molecule has 1 atom stereocenters. The lowest BCUT2D eigenvalue weighted by molar-refractivity contribution is -0.118. The van der Waals surface area contributed by atoms with Crippen LogP contribution in [-0.4, -0.2) is 24.9 Å². The third-order valence-electron chi connectivity index (χ3n) is 3.26. The number of amides is 1. The second kappa shape index (κ2) is 6.10. The Bertz CT molecular complexity index is 416. The normalized spacial score (nSPS) is 16.7. The Morgan fingerprint density at radius 2 is 2.17 bits per heavy atom. The van der Waals surface area contributed by atoms with Gasteiger partial charge in [-0.05, 0) is 31.0 Å². The zero-order valence-corrected chi connectivity index (χ0v) is 11.4. The first-order valence-electron chi connectivity index (χ1n) is 6.42. The number of halogens is 1. The molecular weight excluding hydrogens is 248 g/mol. The maximum atomic E-state index is 11.8. The Hall–Kier alpha value is -1.22. The molecule has 1 aliphatic rings. The van der Waals surface area contributed by atoms with Crippen LogP contribution in [0.4, 0.5) is 11.4 Å². The van der Waals surface area contributed by atoms with E-state index in [1.54, 1.807) is 0 Å². The van der Waals surface area contributed by atoms with Gasteiger partial charge in [0.05, 0.1) is 0 Å². The summed E-state index contributed by atoms with van der Waals surface area (Å²) in [5.41, 5.74) is 2.03. The van der Waals surface area contributed by atoms with Gasteiger partial charge < -0.3 is 10.2 Å². The minimum atomic E-state index is -0.165. The van der Waals surface area contributed by atoms with Crippen molar-refractivity contribution in [2.75, 3.05) is 29.2 Å². The summed E-state index contributed by atoms with van der Waals surface area (Å²) >= 11 is 5.68. The lowest BCUT2D eigenvalue weighted by Crippen LogP contribution is -2.22. The van der Waals surface area contributed by atoms with Crippen LogP contribution in [-0.2, 0) is 4.79 Å². The van der Waals surface area contributed by atoms with Crippen molar-refractivity contribution < 1.29 is 4.79 Å². The van der Waals surface area contributed by atoms with E-state index in [-0.39, 0.29) is 11.8 Å². The third kappa shape index (κ3) is 3.16. The lowest BCUT2D eigenvalue weighted by Gasteiger charge is -2.18. The SMILES string of the molecule is CC(CCl)C(=O)Nc1cccc(N2CCCC2)c1. The van der Waals surface area contributed by atoms with Crippen molar-refractivity contribution in [3.8, 4) is 0 Å². The zero-order valence-electron chi connectivity index (χ0n) is 10.7. The summed E-state index contributed by atoms with van der Waals surface area (Å²) < 4.78 is 0. The average Bonchev–Trinajstić information content (AvgIpc) is 2.92. The van der Waals surface area contributed by atoms with Crippen LogP contribution in [0.15, 0.2) is 24.3 Å². The Morgan fingerprint density at radius 3 is 2.83 bits per heavy atom. The predicted molar refractivity (Wildman–Crippen MR) is 76.4 cm³/mol. The second-order valence-corrected chi connectivity index (χ2v) is 5.10. The molecule has 1 unspecified atom stereocenters. The highest BCUT2D eigenvalue weighted by Gasteiger charge is 2.14. The van der Waals surface area contributed by atoms with Crippen LogP contribution in [0.5, 0.6) is 0 Å². The fourth-order valence-corrected chi connectivity index (χ4v) is 2.23. The molecule has 1 heterocycles. The number of benzene rings is 1. The molecule has 0 radical (unpaired) electrons. The van der Waals surface area contributed by atoms with Crippen LogP contribution in [0, 0.1) is 5.92 Å². The Kier molecular flexibility index (Phi) is 4.48. The number of carbonyl (C=O) groups excluding carboxylic acids is 1. The quantitative estimate of drug-likeness (QED) is 0.850. The molecule has 18 heavy (non-hydrogen) atoms. The summed E-state index contributed by atoms with van der Waals surface area (Å²) in [6.45, 7) is 4.04. The maximum Gasteiger partial charge on any atom is 0.228 e. The monoisotopic (exact) mass is 266 g/mol. The molecule has 2 rings (SSSR count). The number of carbonyl (C=O) groups is 1. The smallest absolute Gasteiger partial charge is 0.228 e. The van der Waals surface area contributed by atoms with E-state index in [0.29, 0.717) is 5.88 Å². The maximum absolute atomic E-state index is 11.8. The molecule has 1 aliphatic heterocycles. The van der Waals surface area contributed by atoms with E-state index >= 15 is 0 Å². The summed E-state index contributed by atoms with van der Waals surface area (Å²) in [7, 11) is 0. The minimum Gasteiger partial charge on any atom is -0.371 e. The van der Waals surface area contributed by atoms with E-state index in [1.165, 1.54) is 18.5 Å². The number of nitrogens with zero attached hydrogens (tertiary/aromatic N) is 1. The van der Waals surface area contributed by atoms with Gasteiger partial charge in [0.15, 0.2) is 0 Å². The molecule has 1 aromatic carbocycles. The molecule has 0 saturated carbocycles. The highest BCUT2D eigenvalue weighted by molar-refractivity contribution is 6.19. The molecule has 1 fully saturated rings. The number of nitrogens with one attached hydrogen (secondary N) is 1. The fourth-order valence-electron chi connectivity index (χ4n) is 2.09. The molecule has 1 aromatic rings. The van der Waals surface area contributed by atoms with Crippen LogP contribution < -0.4 is 10.2 Å². The van der Waals surface area contributed by atoms with Crippen LogP contribution in [0.3, 0.4) is 0 Å². The summed E-state index contributed by atoms with van der Waals surface area (Å²) in [4.78, 5) is 14.1. The Balaban J connectivity index is 2.05. The van der Waals surface area contributed by atoms with Crippen molar-refractivity contribution in [1.29, 1.82) is 0 Å². The molecule has 1 saturated heterocycles. The lowest BCUT2D eigenvalue weighted by atomic mass is 10.2. The minimum absolute atomic E-state index is 0.0245. The largest absolute Gasteiger partial charge is 0.371 e. The van der Waals surface area contributed by atoms with Crippen LogP contribution >= 0.6 is 11.6 Å². The zero-order chi connectivity index (χ0) is 13.0. The first-order chi connectivity index (χ1) is 8.70. The first-order valence-corrected chi connectivity index (χ1v) is 6.96. The van der Waals surface area contributed by atoms with Crippen LogP contribution in [0.25, 0.3) is 0 Å². The fraction of sp³-hybridized carbons (Fsp3) is 0.500. The number of hydrogen-bond acceptors (Lipinski definition) is 2. The van der Waals surface area contributed by atoms with E-state index in [0.717, 1.165) is 18.8 Å². The highest BCUT2D eigenvalue weighted by Crippen LogP contribution is 2.23. The van der Waals surface area contributed by atoms with E-state index in [2.05, 4.69) is 16.3 Å². The molecule has 98 valence electrons. The molecule has 0 aliphatic carbocycles. The summed E-state index contributed by atoms with van der Waals surface area (Å²) in [5.74, 6) is 0.156. The summed E-state index contributed by atoms with van der Waals surface area (Å²) in [6, 6.07) is 8.02. The first kappa shape index (κ1) is 13.2. The molecule has 1 amide bonds. The van der Waals surface area contributed by atoms with Gasteiger partial charge in [0, 0.05) is 36.3 Å². The van der Waals surface area contributed by atoms with E-state index in [4.69, 9.17) is 11.6 Å². The van der Waals surface area contributed by atoms with Crippen molar-refractivity contribution >= 4 is 28.9 Å². The Labute approximate surface area is 113 Å². The van der Waals surface area contributed by atoms with Gasteiger partial charge in [0.2, 0.25) is 5.91 Å². The second-order valence-electron chi connectivity index (χ2n) is 4.79. The van der Waals surface area contributed by atoms with Gasteiger partial charge in [-0.1, -0.05) is 13.0 Å². The van der Waals surface area contributed by atoms with Gasteiger partial charge in [0.1, 0.15) is 0 Å². The van der Waals surface area contributed by atoms with E-state index in [1.807, 2.05) is 25.1 Å². The van der Waals surface area contributed by atoms with Crippen molar-refractivity contribution in [2.24, 2.45) is 5.92 Å². The van der Waals surface area contributed by atoms with Crippen molar-refractivity contribution in [2.45, 2.75) is 19.8 Å². The van der Waals surface area contributed by atoms with Gasteiger partial charge in [-0.25, -0.2) is 0 Å². The van der Waals surface area contributed by atoms with Crippen molar-refractivity contribution in [1.82, 2.24) is 0 Å². The highest BCUT2D eigenvalue weighted by atomic mass is 35.5. The summed E-state index contributed by atoms with van der Waals surface area (Å²) in [6.07, 6.45) is 2.50. The number of alkyl halides is 1. The number of anilines is 2. The molecule has 0 spiro atoms. The molecule has 0 bridgehead atoms. The average molecular weight is 267 g/mol. The standard InChI is InChI=1S/C14H19ClN2O/c1-11(10-15)14(18)16-12-5-4-6-13(9-12)17-7-2-3-8-17/h4-6,9,11H,2-3,7-8,10H2,1H3,(H,16,18). The van der Waals surface area contributed by atoms with Crippen LogP contribution in [0.1, 0.15) is 19.8 Å². The van der Waals surface area contributed by atoms with E-state index < -0.39 is 0 Å². The molecule has 1 N–H and O–H groups in total. The molecular formula is C14H19ClN2O. The Morgan fingerprint density at radius 1 is 1.44 bits per heavy atom. The topological polar surface area (TPSA) is 32.3 Å². The van der Waals surface area contributed by atoms with Gasteiger partial charge in [-0.15, -0.1) is 11.6 Å². The van der Waals surface area contributed by atoms with Gasteiger partial charge in [-0.2, -0.15) is 0 Å². The molecule has 3 nitrogen and oxygen atoms in total. The number of rotatable bonds is 4. The van der Waals surface area contributed by atoms with Gasteiger partial charge >= 0.3 is 0 Å². The van der Waals surface area contributed by atoms with Crippen molar-refractivity contribution in [3.05, 3.63) is 24.3 Å². The number of hydrogen-bond donors (Lipinski definition) is 1.